The van der Waals surface area contributed by atoms with Crippen LogP contribution in [0.5, 0.6) is 0 Å². The molecule has 0 saturated carbocycles. The molecule has 3 aromatic rings. The third-order valence-electron chi connectivity index (χ3n) is 7.68. The van der Waals surface area contributed by atoms with Crippen LogP contribution in [0.2, 0.25) is 5.04 Å². The van der Waals surface area contributed by atoms with Gasteiger partial charge in [-0.2, -0.15) is 0 Å². The Morgan fingerprint density at radius 2 is 1.47 bits per heavy atom. The zero-order valence-corrected chi connectivity index (χ0v) is 24.2. The molecule has 6 nitrogen and oxygen atoms in total. The number of primary amides is 1. The van der Waals surface area contributed by atoms with Crippen LogP contribution in [0.15, 0.2) is 78.9 Å². The molecule has 1 heterocycles. The van der Waals surface area contributed by atoms with Crippen LogP contribution in [0.1, 0.15) is 32.8 Å². The summed E-state index contributed by atoms with van der Waals surface area (Å²) >= 11 is 0. The molecule has 1 atom stereocenters. The highest BCUT2D eigenvalue weighted by atomic mass is 28.4. The normalized spacial score (nSPS) is 15.8. The monoisotopic (exact) mass is 530 g/mol. The second-order valence-electron chi connectivity index (χ2n) is 11.4. The molecule has 1 saturated heterocycles. The molecule has 1 unspecified atom stereocenters. The number of rotatable bonds is 9. The highest BCUT2D eigenvalue weighted by molar-refractivity contribution is 6.99. The van der Waals surface area contributed by atoms with E-state index >= 15 is 0 Å². The number of aryl methyl sites for hydroxylation is 1. The van der Waals surface area contributed by atoms with Crippen molar-refractivity contribution < 1.29 is 9.22 Å². The van der Waals surface area contributed by atoms with Gasteiger partial charge in [0.05, 0.1) is 0 Å². The van der Waals surface area contributed by atoms with Gasteiger partial charge in [-0.05, 0) is 59.1 Å². The van der Waals surface area contributed by atoms with E-state index in [0.717, 1.165) is 47.8 Å². The Hall–Kier alpha value is -3.13. The van der Waals surface area contributed by atoms with E-state index in [-0.39, 0.29) is 5.04 Å². The third kappa shape index (κ3) is 5.95. The Kier molecular flexibility index (Phi) is 8.60. The summed E-state index contributed by atoms with van der Waals surface area (Å²) < 4.78 is 7.10. The Labute approximate surface area is 228 Å². The van der Waals surface area contributed by atoms with E-state index in [2.05, 4.69) is 68.0 Å². The van der Waals surface area contributed by atoms with Crippen molar-refractivity contribution in [3.8, 4) is 0 Å². The van der Waals surface area contributed by atoms with Gasteiger partial charge in [-0.15, -0.1) is 0 Å². The number of nitrogens with two attached hydrogens (primary N) is 2. The zero-order valence-electron chi connectivity index (χ0n) is 23.2. The van der Waals surface area contributed by atoms with Gasteiger partial charge >= 0.3 is 0 Å². The molecule has 7 heteroatoms. The number of hydrogen-bond donors (Lipinski definition) is 2. The van der Waals surface area contributed by atoms with E-state index < -0.39 is 20.3 Å². The summed E-state index contributed by atoms with van der Waals surface area (Å²) in [6, 6.07) is 26.8. The Bertz CT molecular complexity index is 1170. The maximum absolute atomic E-state index is 13.0. The molecule has 0 radical (unpaired) electrons. The smallest absolute Gasteiger partial charge is 0.262 e. The fraction of sp³-hybridized carbons (Fsp3) is 0.387. The average molecular weight is 531 g/mol. The van der Waals surface area contributed by atoms with Crippen molar-refractivity contribution in [1.29, 1.82) is 0 Å². The molecule has 3 aromatic carbocycles. The van der Waals surface area contributed by atoms with Gasteiger partial charge in [-0.1, -0.05) is 81.4 Å². The maximum atomic E-state index is 13.0. The predicted molar refractivity (Wildman–Crippen MR) is 161 cm³/mol. The van der Waals surface area contributed by atoms with Crippen LogP contribution in [-0.4, -0.2) is 58.5 Å². The van der Waals surface area contributed by atoms with Crippen LogP contribution in [0.4, 0.5) is 11.4 Å². The van der Waals surface area contributed by atoms with E-state index in [4.69, 9.17) is 15.9 Å². The van der Waals surface area contributed by atoms with Gasteiger partial charge in [0.25, 0.3) is 8.32 Å². The highest BCUT2D eigenvalue weighted by Gasteiger charge is 2.52. The number of anilines is 2. The second kappa shape index (κ2) is 11.7. The largest absolute Gasteiger partial charge is 0.399 e. The Morgan fingerprint density at radius 3 is 1.97 bits per heavy atom. The summed E-state index contributed by atoms with van der Waals surface area (Å²) in [5, 5.41) is 2.02. The van der Waals surface area contributed by atoms with Gasteiger partial charge in [-0.25, -0.2) is 0 Å². The van der Waals surface area contributed by atoms with Crippen LogP contribution in [0.25, 0.3) is 0 Å². The molecule has 202 valence electrons. The molecule has 0 bridgehead atoms. The summed E-state index contributed by atoms with van der Waals surface area (Å²) in [5.74, 6) is -0.428. The molecule has 4 N–H and O–H groups in total. The lowest BCUT2D eigenvalue weighted by atomic mass is 10.0. The molecule has 0 aliphatic carbocycles. The molecule has 0 aromatic heterocycles. The van der Waals surface area contributed by atoms with Crippen molar-refractivity contribution in [3.63, 3.8) is 0 Å². The maximum Gasteiger partial charge on any atom is 0.262 e. The van der Waals surface area contributed by atoms with Gasteiger partial charge in [0.2, 0.25) is 5.91 Å². The fourth-order valence-electron chi connectivity index (χ4n) is 5.61. The standard InChI is InChI=1S/C31H42N4O2Si/c1-31(2,3)38(26-11-7-5-8-12-26,27-13-9-6-10-14-27)37-29(30(33)36)18-15-24-23-25(32)16-17-28(24)35-21-19-34(4)20-22-35/h5-14,16-17,23,29H,15,18-22,32H2,1-4H3,(H2,33,36). The molecule has 1 aliphatic rings. The first-order valence-electron chi connectivity index (χ1n) is 13.5. The number of piperazine rings is 1. The second-order valence-corrected chi connectivity index (χ2v) is 15.6. The van der Waals surface area contributed by atoms with Crippen LogP contribution < -0.4 is 26.7 Å². The Balaban J connectivity index is 1.68. The Morgan fingerprint density at radius 1 is 0.921 bits per heavy atom. The number of hydrogen-bond acceptors (Lipinski definition) is 5. The van der Waals surface area contributed by atoms with Crippen LogP contribution >= 0.6 is 0 Å². The van der Waals surface area contributed by atoms with E-state index in [9.17, 15) is 4.79 Å². The lowest BCUT2D eigenvalue weighted by Crippen LogP contribution is -2.68. The van der Waals surface area contributed by atoms with Crippen LogP contribution in [0, 0.1) is 0 Å². The predicted octanol–water partition coefficient (Wildman–Crippen LogP) is 3.38. The van der Waals surface area contributed by atoms with Gasteiger partial charge in [-0.3, -0.25) is 4.79 Å². The van der Waals surface area contributed by atoms with Crippen molar-refractivity contribution in [1.82, 2.24) is 4.90 Å². The molecule has 1 aliphatic heterocycles. The number of carbonyl (C=O) groups excluding carboxylic acids is 1. The first-order valence-corrected chi connectivity index (χ1v) is 15.4. The van der Waals surface area contributed by atoms with Crippen molar-refractivity contribution >= 4 is 36.0 Å². The summed E-state index contributed by atoms with van der Waals surface area (Å²) in [6.07, 6.45) is 0.408. The zero-order chi connectivity index (χ0) is 27.3. The van der Waals surface area contributed by atoms with Crippen molar-refractivity contribution in [2.24, 2.45) is 5.73 Å². The van der Waals surface area contributed by atoms with Crippen LogP contribution in [0.3, 0.4) is 0 Å². The minimum atomic E-state index is -2.92. The van der Waals surface area contributed by atoms with Crippen LogP contribution in [-0.2, 0) is 15.6 Å². The average Bonchev–Trinajstić information content (AvgIpc) is 2.90. The number of nitrogen functional groups attached to an aromatic ring is 1. The van der Waals surface area contributed by atoms with Gasteiger partial charge in [0.1, 0.15) is 6.10 Å². The molecule has 4 rings (SSSR count). The third-order valence-corrected chi connectivity index (χ3v) is 12.7. The minimum Gasteiger partial charge on any atom is -0.399 e. The fourth-order valence-corrected chi connectivity index (χ4v) is 10.3. The van der Waals surface area contributed by atoms with Gasteiger partial charge in [0, 0.05) is 37.6 Å². The first kappa shape index (κ1) is 27.9. The molecular formula is C31H42N4O2Si. The van der Waals surface area contributed by atoms with Crippen molar-refractivity contribution in [2.75, 3.05) is 43.9 Å². The molecule has 1 amide bonds. The quantitative estimate of drug-likeness (QED) is 0.327. The topological polar surface area (TPSA) is 84.8 Å². The molecule has 0 spiro atoms. The molecular weight excluding hydrogens is 488 g/mol. The molecule has 38 heavy (non-hydrogen) atoms. The lowest BCUT2D eigenvalue weighted by Gasteiger charge is -2.44. The van der Waals surface area contributed by atoms with Gasteiger partial charge < -0.3 is 25.7 Å². The first-order chi connectivity index (χ1) is 18.1. The number of benzene rings is 3. The van der Waals surface area contributed by atoms with E-state index in [1.54, 1.807) is 0 Å². The van der Waals surface area contributed by atoms with E-state index in [0.29, 0.717) is 12.8 Å². The summed E-state index contributed by atoms with van der Waals surface area (Å²) in [5.41, 5.74) is 15.3. The number of carbonyl (C=O) groups is 1. The number of amides is 1. The molecule has 1 fully saturated rings. The van der Waals surface area contributed by atoms with E-state index in [1.807, 2.05) is 48.5 Å². The lowest BCUT2D eigenvalue weighted by molar-refractivity contribution is -0.125. The summed E-state index contributed by atoms with van der Waals surface area (Å²) in [7, 11) is -0.766. The number of nitrogens with zero attached hydrogens (tertiary/aromatic N) is 2. The van der Waals surface area contributed by atoms with Gasteiger partial charge in [0.15, 0.2) is 0 Å². The number of likely N-dealkylation sites (N-methyl/N-ethyl adjacent to an activating group) is 1. The summed E-state index contributed by atoms with van der Waals surface area (Å²) in [4.78, 5) is 17.7. The summed E-state index contributed by atoms with van der Waals surface area (Å²) in [6.45, 7) is 10.6. The highest BCUT2D eigenvalue weighted by Crippen LogP contribution is 2.38. The SMILES string of the molecule is CN1CCN(c2ccc(N)cc2CCC(O[Si](c2ccccc2)(c2ccccc2)C(C)(C)C)C(N)=O)CC1. The van der Waals surface area contributed by atoms with E-state index in [1.165, 1.54) is 5.69 Å². The minimum absolute atomic E-state index is 0.244. The van der Waals surface area contributed by atoms with Crippen molar-refractivity contribution in [2.45, 2.75) is 44.8 Å². The van der Waals surface area contributed by atoms with Crippen molar-refractivity contribution in [3.05, 3.63) is 84.4 Å².